The Morgan fingerprint density at radius 2 is 1.78 bits per heavy atom. The summed E-state index contributed by atoms with van der Waals surface area (Å²) in [6.07, 6.45) is 10.6. The summed E-state index contributed by atoms with van der Waals surface area (Å²) in [5.74, 6) is 3.63. The number of nitrogens with zero attached hydrogens (tertiary/aromatic N) is 1. The van der Waals surface area contributed by atoms with Crippen LogP contribution in [0.1, 0.15) is 37.7 Å². The highest BCUT2D eigenvalue weighted by atomic mass is 127. The summed E-state index contributed by atoms with van der Waals surface area (Å²) in [4.78, 5) is 11.1. The molecular weight excluding hydrogens is 405 g/mol. The van der Waals surface area contributed by atoms with Crippen LogP contribution in [0.3, 0.4) is 0 Å². The summed E-state index contributed by atoms with van der Waals surface area (Å²) >= 11 is 2.03. The molecule has 1 aromatic rings. The maximum Gasteiger partial charge on any atom is 0.293 e. The Balaban J connectivity index is 1.60. The van der Waals surface area contributed by atoms with Crippen LogP contribution in [0, 0.1) is 37.4 Å². The maximum atomic E-state index is 11.4. The molecule has 4 bridgehead atoms. The first-order chi connectivity index (χ1) is 11.1. The van der Waals surface area contributed by atoms with E-state index in [4.69, 9.17) is 4.74 Å². The minimum Gasteiger partial charge on any atom is -0.482 e. The molecule has 120 valence electrons. The van der Waals surface area contributed by atoms with Gasteiger partial charge in [0.2, 0.25) is 0 Å². The van der Waals surface area contributed by atoms with Gasteiger partial charge in [-0.05, 0) is 90.8 Å². The van der Waals surface area contributed by atoms with Crippen molar-refractivity contribution in [3.05, 3.63) is 37.5 Å². The normalized spacial score (nSPS) is 39.3. The lowest BCUT2D eigenvalue weighted by Crippen LogP contribution is -2.60. The predicted octanol–water partition coefficient (Wildman–Crippen LogP) is 4.80. The first-order valence-electron chi connectivity index (χ1n) is 8.42. The summed E-state index contributed by atoms with van der Waals surface area (Å²) in [5.41, 5.74) is 0.612. The highest BCUT2D eigenvalue weighted by Gasteiger charge is 2.58. The topological polar surface area (TPSA) is 52.4 Å². The standard InChI is InChI=1S/C18H18INO3/c19-15-1-2-16-14(17(15)20(21)22)3-4-18(23-16)12-6-10-5-11(8-12)9-13(18)7-10/h1-4,10-13H,5-9H2. The van der Waals surface area contributed by atoms with Crippen LogP contribution in [0.15, 0.2) is 18.2 Å². The summed E-state index contributed by atoms with van der Waals surface area (Å²) in [6.45, 7) is 0. The molecule has 6 rings (SSSR count). The van der Waals surface area contributed by atoms with Gasteiger partial charge in [-0.1, -0.05) is 0 Å². The van der Waals surface area contributed by atoms with Crippen molar-refractivity contribution in [1.82, 2.24) is 0 Å². The molecule has 1 heterocycles. The molecule has 0 amide bonds. The second-order valence-corrected chi connectivity index (χ2v) is 8.82. The number of nitro benzene ring substituents is 1. The van der Waals surface area contributed by atoms with Gasteiger partial charge in [0.15, 0.2) is 0 Å². The van der Waals surface area contributed by atoms with Crippen molar-refractivity contribution in [1.29, 1.82) is 0 Å². The number of benzene rings is 1. The molecule has 0 unspecified atom stereocenters. The maximum absolute atomic E-state index is 11.4. The van der Waals surface area contributed by atoms with E-state index < -0.39 is 0 Å². The van der Waals surface area contributed by atoms with Crippen LogP contribution < -0.4 is 4.74 Å². The summed E-state index contributed by atoms with van der Waals surface area (Å²) in [7, 11) is 0. The molecule has 5 aliphatic rings. The molecule has 0 radical (unpaired) electrons. The zero-order chi connectivity index (χ0) is 15.8. The average molecular weight is 423 g/mol. The number of rotatable bonds is 1. The van der Waals surface area contributed by atoms with Crippen molar-refractivity contribution in [2.24, 2.45) is 23.7 Å². The van der Waals surface area contributed by atoms with Crippen molar-refractivity contribution in [3.8, 4) is 5.75 Å². The Labute approximate surface area is 148 Å². The molecule has 1 aromatic carbocycles. The Kier molecular flexibility index (Phi) is 2.92. The minimum absolute atomic E-state index is 0.179. The number of nitro groups is 1. The van der Waals surface area contributed by atoms with Gasteiger partial charge in [-0.15, -0.1) is 0 Å². The van der Waals surface area contributed by atoms with E-state index in [1.165, 1.54) is 32.1 Å². The molecule has 5 heteroatoms. The molecule has 4 fully saturated rings. The number of ether oxygens (including phenoxy) is 1. The Morgan fingerprint density at radius 3 is 2.39 bits per heavy atom. The van der Waals surface area contributed by atoms with Crippen molar-refractivity contribution < 1.29 is 9.66 Å². The molecule has 4 aliphatic carbocycles. The fourth-order valence-corrected chi connectivity index (χ4v) is 6.46. The lowest BCUT2D eigenvalue weighted by molar-refractivity contribution is -0.386. The minimum atomic E-state index is -0.289. The number of halogens is 1. The molecule has 23 heavy (non-hydrogen) atoms. The van der Waals surface area contributed by atoms with E-state index in [-0.39, 0.29) is 16.2 Å². The largest absolute Gasteiger partial charge is 0.482 e. The number of hydrogen-bond acceptors (Lipinski definition) is 3. The zero-order valence-corrected chi connectivity index (χ0v) is 14.9. The zero-order valence-electron chi connectivity index (χ0n) is 12.7. The van der Waals surface area contributed by atoms with Gasteiger partial charge in [-0.3, -0.25) is 10.1 Å². The van der Waals surface area contributed by atoms with E-state index >= 15 is 0 Å². The molecular formula is C18H18INO3. The van der Waals surface area contributed by atoms with Gasteiger partial charge in [0, 0.05) is 11.8 Å². The van der Waals surface area contributed by atoms with Gasteiger partial charge in [0.05, 0.1) is 14.1 Å². The molecule has 1 aliphatic heterocycles. The SMILES string of the molecule is O=[N+]([O-])c1c(I)ccc2c1C=CC1(O2)C2CC3CC(C2)CC1C3. The smallest absolute Gasteiger partial charge is 0.293 e. The molecule has 0 saturated heterocycles. The van der Waals surface area contributed by atoms with Crippen LogP contribution in [-0.2, 0) is 0 Å². The Bertz CT molecular complexity index is 714. The summed E-state index contributed by atoms with van der Waals surface area (Å²) in [5, 5.41) is 11.4. The van der Waals surface area contributed by atoms with Crippen molar-refractivity contribution in [2.75, 3.05) is 0 Å². The van der Waals surface area contributed by atoms with Gasteiger partial charge < -0.3 is 4.74 Å². The third kappa shape index (κ3) is 1.88. The molecule has 4 nitrogen and oxygen atoms in total. The van der Waals surface area contributed by atoms with Gasteiger partial charge in [-0.25, -0.2) is 0 Å². The number of hydrogen-bond donors (Lipinski definition) is 0. The summed E-state index contributed by atoms with van der Waals surface area (Å²) < 4.78 is 7.21. The van der Waals surface area contributed by atoms with Crippen LogP contribution in [0.25, 0.3) is 6.08 Å². The Hall–Kier alpha value is -1.11. The monoisotopic (exact) mass is 423 g/mol. The van der Waals surface area contributed by atoms with E-state index in [2.05, 4.69) is 6.08 Å². The van der Waals surface area contributed by atoms with Crippen molar-refractivity contribution in [2.45, 2.75) is 37.7 Å². The second-order valence-electron chi connectivity index (χ2n) is 7.66. The molecule has 0 aromatic heterocycles. The molecule has 0 N–H and O–H groups in total. The third-order valence-corrected chi connectivity index (χ3v) is 7.39. The fourth-order valence-electron chi connectivity index (χ4n) is 5.80. The van der Waals surface area contributed by atoms with E-state index in [0.29, 0.717) is 26.7 Å². The van der Waals surface area contributed by atoms with Gasteiger partial charge in [0.1, 0.15) is 11.4 Å². The van der Waals surface area contributed by atoms with Crippen LogP contribution >= 0.6 is 22.6 Å². The van der Waals surface area contributed by atoms with Crippen LogP contribution in [0.2, 0.25) is 0 Å². The average Bonchev–Trinajstić information content (AvgIpc) is 2.51. The molecule has 0 atom stereocenters. The first kappa shape index (κ1) is 14.3. The predicted molar refractivity (Wildman–Crippen MR) is 95.3 cm³/mol. The van der Waals surface area contributed by atoms with E-state index in [1.807, 2.05) is 34.7 Å². The highest BCUT2D eigenvalue weighted by molar-refractivity contribution is 14.1. The quantitative estimate of drug-likeness (QED) is 0.371. The lowest BCUT2D eigenvalue weighted by Gasteiger charge is -2.60. The molecule has 4 saturated carbocycles. The second kappa shape index (κ2) is 4.71. The van der Waals surface area contributed by atoms with E-state index in [9.17, 15) is 10.1 Å². The Morgan fingerprint density at radius 1 is 1.13 bits per heavy atom. The van der Waals surface area contributed by atoms with Crippen LogP contribution in [-0.4, -0.2) is 10.5 Å². The highest BCUT2D eigenvalue weighted by Crippen LogP contribution is 2.61. The fraction of sp³-hybridized carbons (Fsp3) is 0.556. The number of fused-ring (bicyclic) bond motifs is 1. The third-order valence-electron chi connectivity index (χ3n) is 6.52. The van der Waals surface area contributed by atoms with Crippen molar-refractivity contribution >= 4 is 34.4 Å². The van der Waals surface area contributed by atoms with Crippen molar-refractivity contribution in [3.63, 3.8) is 0 Å². The first-order valence-corrected chi connectivity index (χ1v) is 9.50. The lowest BCUT2D eigenvalue weighted by atomic mass is 9.49. The van der Waals surface area contributed by atoms with E-state index in [1.54, 1.807) is 6.07 Å². The van der Waals surface area contributed by atoms with Gasteiger partial charge >= 0.3 is 0 Å². The van der Waals surface area contributed by atoms with Gasteiger partial charge in [-0.2, -0.15) is 0 Å². The van der Waals surface area contributed by atoms with Crippen LogP contribution in [0.5, 0.6) is 5.75 Å². The summed E-state index contributed by atoms with van der Waals surface area (Å²) in [6, 6.07) is 3.72. The molecule has 1 spiro atoms. The van der Waals surface area contributed by atoms with Gasteiger partial charge in [0.25, 0.3) is 5.69 Å². The van der Waals surface area contributed by atoms with E-state index in [0.717, 1.165) is 11.8 Å². The van der Waals surface area contributed by atoms with Crippen LogP contribution in [0.4, 0.5) is 5.69 Å².